The van der Waals surface area contributed by atoms with E-state index in [1.165, 1.54) is 19.4 Å². The van der Waals surface area contributed by atoms with Gasteiger partial charge in [0.1, 0.15) is 5.82 Å². The molecule has 0 aromatic carbocycles. The van der Waals surface area contributed by atoms with Crippen LogP contribution in [0.25, 0.3) is 0 Å². The number of nitrogens with one attached hydrogen (secondary N) is 1. The molecule has 0 aliphatic carbocycles. The number of anilines is 1. The van der Waals surface area contributed by atoms with Crippen LogP contribution in [0.15, 0.2) is 18.3 Å². The maximum atomic E-state index is 12.3. The summed E-state index contributed by atoms with van der Waals surface area (Å²) in [6.45, 7) is 4.95. The van der Waals surface area contributed by atoms with Gasteiger partial charge in [-0.3, -0.25) is 5.32 Å². The predicted molar refractivity (Wildman–Crippen MR) is 79.2 cm³/mol. The van der Waals surface area contributed by atoms with E-state index in [1.807, 2.05) is 4.90 Å². The number of ether oxygens (including phenoxy) is 1. The molecule has 1 aromatic rings. The van der Waals surface area contributed by atoms with Crippen molar-refractivity contribution >= 4 is 17.8 Å². The summed E-state index contributed by atoms with van der Waals surface area (Å²) in [6, 6.07) is 3.08. The molecule has 1 aliphatic heterocycles. The molecule has 114 valence electrons. The number of methoxy groups -OCH3 is 1. The number of likely N-dealkylation sites (tertiary alicyclic amines) is 1. The molecule has 6 heteroatoms. The number of hydrogen-bond acceptors (Lipinski definition) is 4. The molecular weight excluding hydrogens is 270 g/mol. The number of nitrogens with zero attached hydrogens (tertiary/aromatic N) is 2. The monoisotopic (exact) mass is 291 g/mol. The van der Waals surface area contributed by atoms with Gasteiger partial charge in [0.2, 0.25) is 0 Å². The third-order valence-corrected chi connectivity index (χ3v) is 4.05. The summed E-state index contributed by atoms with van der Waals surface area (Å²) >= 11 is 0. The Morgan fingerprint density at radius 1 is 1.43 bits per heavy atom. The average Bonchev–Trinajstić information content (AvgIpc) is 2.49. The molecule has 2 amide bonds. The highest BCUT2D eigenvalue weighted by Gasteiger charge is 2.28. The van der Waals surface area contributed by atoms with Crippen LogP contribution in [0.2, 0.25) is 0 Å². The quantitative estimate of drug-likeness (QED) is 0.850. The number of piperidine rings is 1. The lowest BCUT2D eigenvalue weighted by Gasteiger charge is -2.37. The zero-order valence-corrected chi connectivity index (χ0v) is 12.6. The van der Waals surface area contributed by atoms with Crippen LogP contribution in [-0.2, 0) is 4.74 Å². The molecule has 0 spiro atoms. The normalized spacial score (nSPS) is 21.8. The molecule has 2 unspecified atom stereocenters. The Balaban J connectivity index is 2.07. The molecule has 21 heavy (non-hydrogen) atoms. The van der Waals surface area contributed by atoms with Crippen molar-refractivity contribution in [2.75, 3.05) is 19.0 Å². The van der Waals surface area contributed by atoms with Crippen LogP contribution in [0.3, 0.4) is 0 Å². The van der Waals surface area contributed by atoms with E-state index in [4.69, 9.17) is 0 Å². The van der Waals surface area contributed by atoms with Crippen molar-refractivity contribution < 1.29 is 14.3 Å². The van der Waals surface area contributed by atoms with Crippen molar-refractivity contribution in [2.45, 2.75) is 32.7 Å². The first-order valence-electron chi connectivity index (χ1n) is 7.15. The predicted octanol–water partition coefficient (Wildman–Crippen LogP) is 2.52. The van der Waals surface area contributed by atoms with Gasteiger partial charge in [-0.1, -0.05) is 6.92 Å². The minimum Gasteiger partial charge on any atom is -0.465 e. The van der Waals surface area contributed by atoms with Gasteiger partial charge < -0.3 is 9.64 Å². The Kier molecular flexibility index (Phi) is 4.77. The SMILES string of the molecule is COC(=O)c1ccnc(NC(=O)N2CCCC(C)C2C)c1. The van der Waals surface area contributed by atoms with E-state index in [0.717, 1.165) is 19.4 Å². The second-order valence-corrected chi connectivity index (χ2v) is 5.41. The van der Waals surface area contributed by atoms with E-state index in [0.29, 0.717) is 17.3 Å². The molecule has 1 N–H and O–H groups in total. The van der Waals surface area contributed by atoms with Gasteiger partial charge in [0.15, 0.2) is 0 Å². The summed E-state index contributed by atoms with van der Waals surface area (Å²) in [5.74, 6) is 0.389. The highest BCUT2D eigenvalue weighted by molar-refractivity contribution is 5.93. The zero-order valence-electron chi connectivity index (χ0n) is 12.6. The summed E-state index contributed by atoms with van der Waals surface area (Å²) in [5, 5.41) is 2.75. The van der Waals surface area contributed by atoms with E-state index >= 15 is 0 Å². The van der Waals surface area contributed by atoms with Gasteiger partial charge >= 0.3 is 12.0 Å². The lowest BCUT2D eigenvalue weighted by Crippen LogP contribution is -2.48. The Labute approximate surface area is 124 Å². The van der Waals surface area contributed by atoms with Crippen molar-refractivity contribution in [3.8, 4) is 0 Å². The van der Waals surface area contributed by atoms with Crippen LogP contribution < -0.4 is 5.32 Å². The van der Waals surface area contributed by atoms with E-state index in [1.54, 1.807) is 6.07 Å². The lowest BCUT2D eigenvalue weighted by molar-refractivity contribution is 0.0600. The molecule has 6 nitrogen and oxygen atoms in total. The second kappa shape index (κ2) is 6.56. The van der Waals surface area contributed by atoms with Crippen molar-refractivity contribution in [1.29, 1.82) is 0 Å². The number of carbonyl (C=O) groups is 2. The molecule has 0 saturated carbocycles. The van der Waals surface area contributed by atoms with E-state index in [9.17, 15) is 9.59 Å². The summed E-state index contributed by atoms with van der Waals surface area (Å²) in [5.41, 5.74) is 0.364. The minimum atomic E-state index is -0.451. The van der Waals surface area contributed by atoms with Gasteiger partial charge in [-0.05, 0) is 37.8 Å². The average molecular weight is 291 g/mol. The number of amides is 2. The van der Waals surface area contributed by atoms with Gasteiger partial charge in [-0.15, -0.1) is 0 Å². The first-order chi connectivity index (χ1) is 10.0. The fourth-order valence-corrected chi connectivity index (χ4v) is 2.55. The van der Waals surface area contributed by atoms with Gasteiger partial charge in [-0.2, -0.15) is 0 Å². The number of hydrogen-bond donors (Lipinski definition) is 1. The highest BCUT2D eigenvalue weighted by atomic mass is 16.5. The minimum absolute atomic E-state index is 0.177. The zero-order chi connectivity index (χ0) is 15.4. The van der Waals surface area contributed by atoms with E-state index in [2.05, 4.69) is 28.9 Å². The highest BCUT2D eigenvalue weighted by Crippen LogP contribution is 2.23. The molecule has 0 radical (unpaired) electrons. The van der Waals surface area contributed by atoms with Crippen LogP contribution in [0, 0.1) is 5.92 Å². The largest absolute Gasteiger partial charge is 0.465 e. The standard InChI is InChI=1S/C15H21N3O3/c1-10-5-4-8-18(11(10)2)15(20)17-13-9-12(6-7-16-13)14(19)21-3/h6-7,9-11H,4-5,8H2,1-3H3,(H,16,17,20). The Morgan fingerprint density at radius 2 is 2.19 bits per heavy atom. The van der Waals surface area contributed by atoms with Gasteiger partial charge in [0, 0.05) is 18.8 Å². The Morgan fingerprint density at radius 3 is 2.90 bits per heavy atom. The van der Waals surface area contributed by atoms with E-state index in [-0.39, 0.29) is 12.1 Å². The molecular formula is C15H21N3O3. The summed E-state index contributed by atoms with van der Waals surface area (Å²) in [6.07, 6.45) is 3.62. The second-order valence-electron chi connectivity index (χ2n) is 5.41. The number of esters is 1. The molecule has 2 rings (SSSR count). The number of pyridine rings is 1. The van der Waals surface area contributed by atoms with Crippen LogP contribution in [0.5, 0.6) is 0 Å². The van der Waals surface area contributed by atoms with Gasteiger partial charge in [0.05, 0.1) is 12.7 Å². The summed E-state index contributed by atoms with van der Waals surface area (Å²) < 4.78 is 4.65. The van der Waals surface area contributed by atoms with Gasteiger partial charge in [-0.25, -0.2) is 14.6 Å². The first kappa shape index (κ1) is 15.3. The Hall–Kier alpha value is -2.11. The number of carbonyl (C=O) groups excluding carboxylic acids is 2. The van der Waals surface area contributed by atoms with E-state index < -0.39 is 5.97 Å². The van der Waals surface area contributed by atoms with Crippen LogP contribution in [0.4, 0.5) is 10.6 Å². The molecule has 2 atom stereocenters. The third kappa shape index (κ3) is 3.51. The fraction of sp³-hybridized carbons (Fsp3) is 0.533. The van der Waals surface area contributed by atoms with Crippen LogP contribution in [0.1, 0.15) is 37.0 Å². The first-order valence-corrected chi connectivity index (χ1v) is 7.15. The van der Waals surface area contributed by atoms with Crippen molar-refractivity contribution in [2.24, 2.45) is 5.92 Å². The third-order valence-electron chi connectivity index (χ3n) is 4.05. The topological polar surface area (TPSA) is 71.5 Å². The number of urea groups is 1. The molecule has 0 bridgehead atoms. The van der Waals surface area contributed by atoms with Gasteiger partial charge in [0.25, 0.3) is 0 Å². The molecule has 1 aromatic heterocycles. The maximum absolute atomic E-state index is 12.3. The molecule has 1 saturated heterocycles. The van der Waals surface area contributed by atoms with Crippen LogP contribution in [-0.4, -0.2) is 41.6 Å². The summed E-state index contributed by atoms with van der Waals surface area (Å²) in [7, 11) is 1.32. The lowest BCUT2D eigenvalue weighted by atomic mass is 9.92. The maximum Gasteiger partial charge on any atom is 0.338 e. The number of aromatic nitrogens is 1. The van der Waals surface area contributed by atoms with Crippen molar-refractivity contribution in [3.63, 3.8) is 0 Å². The smallest absolute Gasteiger partial charge is 0.338 e. The number of rotatable bonds is 2. The Bertz CT molecular complexity index is 533. The molecule has 1 fully saturated rings. The fourth-order valence-electron chi connectivity index (χ4n) is 2.55. The van der Waals surface area contributed by atoms with Crippen molar-refractivity contribution in [3.05, 3.63) is 23.9 Å². The summed E-state index contributed by atoms with van der Waals surface area (Å²) in [4.78, 5) is 29.7. The molecule has 2 heterocycles. The van der Waals surface area contributed by atoms with Crippen molar-refractivity contribution in [1.82, 2.24) is 9.88 Å². The van der Waals surface area contributed by atoms with Crippen LogP contribution >= 0.6 is 0 Å². The molecule has 1 aliphatic rings.